The quantitative estimate of drug-likeness (QED) is 0.484. The molecule has 0 aliphatic heterocycles. The fourth-order valence-corrected chi connectivity index (χ4v) is 3.19. The van der Waals surface area contributed by atoms with Gasteiger partial charge in [0.2, 0.25) is 0 Å². The van der Waals surface area contributed by atoms with Gasteiger partial charge in [-0.3, -0.25) is 4.79 Å². The lowest BCUT2D eigenvalue weighted by atomic mass is 10.0. The molecule has 136 valence electrons. The van der Waals surface area contributed by atoms with Crippen LogP contribution in [0.15, 0.2) is 35.6 Å². The molecule has 0 atom stereocenters. The number of unbranched alkanes of at least 4 members (excludes halogenated alkanes) is 5. The maximum atomic E-state index is 12.7. The predicted molar refractivity (Wildman–Crippen MR) is 107 cm³/mol. The van der Waals surface area contributed by atoms with E-state index in [4.69, 9.17) is 0 Å². The monoisotopic (exact) mass is 342 g/mol. The normalized spacial score (nSPS) is 11.0. The zero-order valence-corrected chi connectivity index (χ0v) is 15.5. The van der Waals surface area contributed by atoms with Crippen LogP contribution in [0.1, 0.15) is 51.0 Å². The van der Waals surface area contributed by atoms with E-state index >= 15 is 0 Å². The number of benzene rings is 1. The van der Waals surface area contributed by atoms with E-state index in [-0.39, 0.29) is 11.3 Å². The highest BCUT2D eigenvalue weighted by molar-refractivity contribution is 5.89. The number of aromatic hydroxyl groups is 1. The third kappa shape index (κ3) is 4.65. The summed E-state index contributed by atoms with van der Waals surface area (Å²) < 4.78 is 1.64. The second-order valence-electron chi connectivity index (χ2n) is 6.61. The first kappa shape index (κ1) is 19.1. The molecule has 0 aliphatic carbocycles. The molecule has 2 rings (SSSR count). The Morgan fingerprint density at radius 2 is 1.92 bits per heavy atom. The lowest BCUT2D eigenvalue weighted by molar-refractivity contribution is 0.469. The van der Waals surface area contributed by atoms with Crippen LogP contribution >= 0.6 is 0 Å². The maximum absolute atomic E-state index is 12.7. The number of aromatic nitrogens is 1. The minimum atomic E-state index is -0.0978. The summed E-state index contributed by atoms with van der Waals surface area (Å²) in [7, 11) is 1.77. The molecule has 0 fully saturated rings. The van der Waals surface area contributed by atoms with Crippen LogP contribution in [0.4, 0.5) is 5.69 Å². The largest absolute Gasteiger partial charge is 0.507 e. The van der Waals surface area contributed by atoms with Crippen LogP contribution in [0.2, 0.25) is 0 Å². The lowest BCUT2D eigenvalue weighted by Gasteiger charge is -2.13. The molecule has 4 heteroatoms. The van der Waals surface area contributed by atoms with Gasteiger partial charge in [-0.05, 0) is 31.0 Å². The van der Waals surface area contributed by atoms with Gasteiger partial charge >= 0.3 is 0 Å². The van der Waals surface area contributed by atoms with Crippen LogP contribution in [-0.4, -0.2) is 16.2 Å². The zero-order chi connectivity index (χ0) is 18.2. The van der Waals surface area contributed by atoms with Crippen molar-refractivity contribution in [2.75, 3.05) is 11.9 Å². The van der Waals surface area contributed by atoms with Crippen molar-refractivity contribution in [3.05, 3.63) is 46.8 Å². The van der Waals surface area contributed by atoms with Crippen molar-refractivity contribution in [1.82, 2.24) is 4.57 Å². The molecule has 0 aliphatic rings. The Hall–Kier alpha value is -2.23. The number of hydrogen-bond donors (Lipinski definition) is 2. The molecule has 0 unspecified atom stereocenters. The number of aryl methyl sites for hydroxylation is 1. The van der Waals surface area contributed by atoms with E-state index in [0.717, 1.165) is 29.4 Å². The highest BCUT2D eigenvalue weighted by Crippen LogP contribution is 2.29. The maximum Gasteiger partial charge on any atom is 0.257 e. The molecular weight excluding hydrogens is 312 g/mol. The molecule has 0 saturated carbocycles. The van der Waals surface area contributed by atoms with Crippen LogP contribution in [0.3, 0.4) is 0 Å². The molecule has 25 heavy (non-hydrogen) atoms. The number of fused-ring (bicyclic) bond motifs is 1. The van der Waals surface area contributed by atoms with E-state index < -0.39 is 0 Å². The second-order valence-corrected chi connectivity index (χ2v) is 6.61. The highest BCUT2D eigenvalue weighted by atomic mass is 16.3. The number of nitrogens with zero attached hydrogens (tertiary/aromatic N) is 1. The van der Waals surface area contributed by atoms with E-state index in [1.807, 2.05) is 18.2 Å². The standard InChI is InChI=1S/C21H30N2O2/c1-4-6-7-8-9-10-11-18-20(24)17-13-12-16(22-14-5-2)15-19(17)23(3)21(18)25/h5,12-13,15,22,24H,2,4,6-11,14H2,1,3H3. The first-order valence-corrected chi connectivity index (χ1v) is 9.29. The van der Waals surface area contributed by atoms with Crippen molar-refractivity contribution in [1.29, 1.82) is 0 Å². The van der Waals surface area contributed by atoms with Crippen molar-refractivity contribution < 1.29 is 5.11 Å². The molecule has 4 nitrogen and oxygen atoms in total. The molecule has 1 aromatic carbocycles. The summed E-state index contributed by atoms with van der Waals surface area (Å²) >= 11 is 0. The Labute approximate surface area is 150 Å². The van der Waals surface area contributed by atoms with Crippen molar-refractivity contribution in [3.8, 4) is 5.75 Å². The fraction of sp³-hybridized carbons (Fsp3) is 0.476. The average Bonchev–Trinajstić information content (AvgIpc) is 2.63. The first-order chi connectivity index (χ1) is 12.1. The molecule has 2 N–H and O–H groups in total. The van der Waals surface area contributed by atoms with Gasteiger partial charge in [0.15, 0.2) is 0 Å². The third-order valence-electron chi connectivity index (χ3n) is 4.69. The molecule has 0 radical (unpaired) electrons. The summed E-state index contributed by atoms with van der Waals surface area (Å²) in [4.78, 5) is 12.7. The predicted octanol–water partition coefficient (Wildman–Crippen LogP) is 4.75. The van der Waals surface area contributed by atoms with Gasteiger partial charge in [0.25, 0.3) is 5.56 Å². The van der Waals surface area contributed by atoms with Crippen molar-refractivity contribution >= 4 is 16.6 Å². The van der Waals surface area contributed by atoms with E-state index in [0.29, 0.717) is 18.5 Å². The topological polar surface area (TPSA) is 54.3 Å². The van der Waals surface area contributed by atoms with Crippen LogP contribution in [0, 0.1) is 0 Å². The molecule has 0 spiro atoms. The van der Waals surface area contributed by atoms with Crippen LogP contribution in [-0.2, 0) is 13.5 Å². The van der Waals surface area contributed by atoms with Gasteiger partial charge in [-0.1, -0.05) is 45.1 Å². The van der Waals surface area contributed by atoms with E-state index in [2.05, 4.69) is 18.8 Å². The van der Waals surface area contributed by atoms with E-state index in [9.17, 15) is 9.90 Å². The Kier molecular flexibility index (Phi) is 7.11. The summed E-state index contributed by atoms with van der Waals surface area (Å²) in [6, 6.07) is 5.69. The number of pyridine rings is 1. The molecule has 1 aromatic heterocycles. The Morgan fingerprint density at radius 3 is 2.64 bits per heavy atom. The minimum absolute atomic E-state index is 0.0978. The van der Waals surface area contributed by atoms with Gasteiger partial charge in [-0.15, -0.1) is 6.58 Å². The third-order valence-corrected chi connectivity index (χ3v) is 4.69. The Morgan fingerprint density at radius 1 is 1.20 bits per heavy atom. The molecule has 0 amide bonds. The fourth-order valence-electron chi connectivity index (χ4n) is 3.19. The van der Waals surface area contributed by atoms with E-state index in [1.165, 1.54) is 25.7 Å². The van der Waals surface area contributed by atoms with Gasteiger partial charge in [0, 0.05) is 24.7 Å². The summed E-state index contributed by atoms with van der Waals surface area (Å²) in [5, 5.41) is 14.6. The van der Waals surface area contributed by atoms with Gasteiger partial charge in [0.1, 0.15) is 5.75 Å². The molecule has 0 saturated heterocycles. The first-order valence-electron chi connectivity index (χ1n) is 9.29. The summed E-state index contributed by atoms with van der Waals surface area (Å²) in [5.74, 6) is 0.141. The van der Waals surface area contributed by atoms with Crippen LogP contribution in [0.25, 0.3) is 10.9 Å². The second kappa shape index (κ2) is 9.30. The molecule has 1 heterocycles. The van der Waals surface area contributed by atoms with Crippen LogP contribution in [0.5, 0.6) is 5.75 Å². The molecule has 2 aromatic rings. The van der Waals surface area contributed by atoms with Gasteiger partial charge in [-0.25, -0.2) is 0 Å². The van der Waals surface area contributed by atoms with Gasteiger partial charge < -0.3 is 15.0 Å². The molecular formula is C21H30N2O2. The Balaban J connectivity index is 2.21. The van der Waals surface area contributed by atoms with Crippen LogP contribution < -0.4 is 10.9 Å². The summed E-state index contributed by atoms with van der Waals surface area (Å²) in [5.41, 5.74) is 2.09. The highest BCUT2D eigenvalue weighted by Gasteiger charge is 2.14. The van der Waals surface area contributed by atoms with Crippen molar-refractivity contribution in [2.24, 2.45) is 7.05 Å². The minimum Gasteiger partial charge on any atom is -0.507 e. The lowest BCUT2D eigenvalue weighted by Crippen LogP contribution is -2.21. The van der Waals surface area contributed by atoms with Crippen molar-refractivity contribution in [3.63, 3.8) is 0 Å². The zero-order valence-electron chi connectivity index (χ0n) is 15.5. The summed E-state index contributed by atoms with van der Waals surface area (Å²) in [6.45, 7) is 6.55. The van der Waals surface area contributed by atoms with Gasteiger partial charge in [0.05, 0.1) is 11.1 Å². The SMILES string of the molecule is C=CCNc1ccc2c(O)c(CCCCCCCC)c(=O)n(C)c2c1. The number of hydrogen-bond acceptors (Lipinski definition) is 3. The average molecular weight is 342 g/mol. The summed E-state index contributed by atoms with van der Waals surface area (Å²) in [6.07, 6.45) is 9.41. The van der Waals surface area contributed by atoms with E-state index in [1.54, 1.807) is 17.7 Å². The number of nitrogens with one attached hydrogen (secondary N) is 1. The van der Waals surface area contributed by atoms with Gasteiger partial charge in [-0.2, -0.15) is 0 Å². The molecule has 0 bridgehead atoms. The number of anilines is 1. The number of rotatable bonds is 10. The van der Waals surface area contributed by atoms with Crippen molar-refractivity contribution in [2.45, 2.75) is 51.9 Å². The smallest absolute Gasteiger partial charge is 0.257 e. The Bertz CT molecular complexity index is 778.